The van der Waals surface area contributed by atoms with Crippen LogP contribution in [0.15, 0.2) is 29.2 Å². The Hall–Kier alpha value is -1.45. The van der Waals surface area contributed by atoms with Crippen molar-refractivity contribution < 1.29 is 21.6 Å². The molecule has 1 saturated heterocycles. The van der Waals surface area contributed by atoms with Gasteiger partial charge in [0.2, 0.25) is 26.0 Å². The Morgan fingerprint density at radius 3 is 2.35 bits per heavy atom. The van der Waals surface area contributed by atoms with E-state index >= 15 is 0 Å². The van der Waals surface area contributed by atoms with Crippen molar-refractivity contribution in [2.75, 3.05) is 16.6 Å². The van der Waals surface area contributed by atoms with Gasteiger partial charge < -0.3 is 0 Å². The first-order chi connectivity index (χ1) is 10.7. The second-order valence-corrected chi connectivity index (χ2v) is 9.16. The van der Waals surface area contributed by atoms with Crippen molar-refractivity contribution in [3.8, 4) is 0 Å². The molecule has 7 nitrogen and oxygen atoms in total. The number of nitrogens with zero attached hydrogens (tertiary/aromatic N) is 1. The SMILES string of the molecule is CCCCNS(=O)(=O)c1ccc(N2C(=O)C(C)CS2(=O)=O)cc1. The number of hydrogen-bond donors (Lipinski definition) is 1. The third-order valence-electron chi connectivity index (χ3n) is 3.56. The number of nitrogens with one attached hydrogen (secondary N) is 1. The molecule has 1 unspecified atom stereocenters. The summed E-state index contributed by atoms with van der Waals surface area (Å²) >= 11 is 0. The summed E-state index contributed by atoms with van der Waals surface area (Å²) in [5.41, 5.74) is 0.159. The largest absolute Gasteiger partial charge is 0.273 e. The molecule has 1 fully saturated rings. The topological polar surface area (TPSA) is 101 Å². The van der Waals surface area contributed by atoms with Gasteiger partial charge in [-0.3, -0.25) is 4.79 Å². The first-order valence-electron chi connectivity index (χ1n) is 7.35. The van der Waals surface area contributed by atoms with Gasteiger partial charge in [0.25, 0.3) is 0 Å². The molecule has 0 bridgehead atoms. The zero-order chi connectivity index (χ0) is 17.3. The predicted molar refractivity (Wildman–Crippen MR) is 87.0 cm³/mol. The average Bonchev–Trinajstić information content (AvgIpc) is 2.67. The summed E-state index contributed by atoms with van der Waals surface area (Å²) in [6.45, 7) is 3.85. The Kier molecular flexibility index (Phi) is 5.12. The molecular formula is C14H20N2O5S2. The number of rotatable bonds is 6. The fourth-order valence-corrected chi connectivity index (χ4v) is 5.21. The second-order valence-electron chi connectivity index (χ2n) is 5.53. The first kappa shape index (κ1) is 17.9. The third-order valence-corrected chi connectivity index (χ3v) is 6.91. The van der Waals surface area contributed by atoms with Gasteiger partial charge in [0.1, 0.15) is 0 Å². The average molecular weight is 360 g/mol. The van der Waals surface area contributed by atoms with Crippen LogP contribution in [0.3, 0.4) is 0 Å². The van der Waals surface area contributed by atoms with E-state index in [1.54, 1.807) is 6.92 Å². The number of unbranched alkanes of at least 4 members (excludes halogenated alkanes) is 1. The molecule has 1 amide bonds. The van der Waals surface area contributed by atoms with E-state index < -0.39 is 31.9 Å². The lowest BCUT2D eigenvalue weighted by Crippen LogP contribution is -2.30. The van der Waals surface area contributed by atoms with Gasteiger partial charge in [-0.05, 0) is 30.7 Å². The molecule has 1 aromatic rings. The van der Waals surface area contributed by atoms with Crippen LogP contribution < -0.4 is 9.03 Å². The van der Waals surface area contributed by atoms with Crippen LogP contribution in [0.2, 0.25) is 0 Å². The summed E-state index contributed by atoms with van der Waals surface area (Å²) in [6.07, 6.45) is 1.60. The molecule has 0 saturated carbocycles. The maximum Gasteiger partial charge on any atom is 0.244 e. The monoisotopic (exact) mass is 360 g/mol. The van der Waals surface area contributed by atoms with Gasteiger partial charge in [0, 0.05) is 6.54 Å². The van der Waals surface area contributed by atoms with Crippen molar-refractivity contribution >= 4 is 31.6 Å². The minimum atomic E-state index is -3.69. The number of sulfonamides is 2. The third kappa shape index (κ3) is 3.73. The fourth-order valence-electron chi connectivity index (χ4n) is 2.31. The van der Waals surface area contributed by atoms with Crippen molar-refractivity contribution in [1.82, 2.24) is 4.72 Å². The van der Waals surface area contributed by atoms with Gasteiger partial charge >= 0.3 is 0 Å². The van der Waals surface area contributed by atoms with Crippen LogP contribution in [0, 0.1) is 5.92 Å². The molecule has 23 heavy (non-hydrogen) atoms. The van der Waals surface area contributed by atoms with E-state index in [1.165, 1.54) is 24.3 Å². The lowest BCUT2D eigenvalue weighted by Gasteiger charge is -2.15. The Bertz CT molecular complexity index is 785. The molecule has 0 aromatic heterocycles. The van der Waals surface area contributed by atoms with E-state index in [0.717, 1.165) is 17.1 Å². The Morgan fingerprint density at radius 1 is 1.26 bits per heavy atom. The molecule has 9 heteroatoms. The normalized spacial score (nSPS) is 20.9. The molecule has 0 spiro atoms. The summed E-state index contributed by atoms with van der Waals surface area (Å²) in [5.74, 6) is -1.33. The molecular weight excluding hydrogens is 340 g/mol. The molecule has 1 heterocycles. The van der Waals surface area contributed by atoms with Crippen LogP contribution in [-0.4, -0.2) is 35.0 Å². The lowest BCUT2D eigenvalue weighted by atomic mass is 10.2. The lowest BCUT2D eigenvalue weighted by molar-refractivity contribution is -0.119. The Labute approximate surface area is 136 Å². The van der Waals surface area contributed by atoms with E-state index in [9.17, 15) is 21.6 Å². The molecule has 0 radical (unpaired) electrons. The van der Waals surface area contributed by atoms with Crippen molar-refractivity contribution in [3.63, 3.8) is 0 Å². The predicted octanol–water partition coefficient (Wildman–Crippen LogP) is 1.08. The quantitative estimate of drug-likeness (QED) is 0.765. The molecule has 1 aromatic carbocycles. The number of hydrogen-bond acceptors (Lipinski definition) is 5. The number of amides is 1. The van der Waals surface area contributed by atoms with Gasteiger partial charge in [-0.1, -0.05) is 20.3 Å². The molecule has 1 aliphatic heterocycles. The number of carbonyl (C=O) groups is 1. The van der Waals surface area contributed by atoms with E-state index in [-0.39, 0.29) is 16.3 Å². The molecule has 1 N–H and O–H groups in total. The van der Waals surface area contributed by atoms with Crippen LogP contribution in [0.4, 0.5) is 5.69 Å². The second kappa shape index (κ2) is 6.58. The smallest absolute Gasteiger partial charge is 0.244 e. The van der Waals surface area contributed by atoms with Gasteiger partial charge in [0.05, 0.1) is 22.3 Å². The van der Waals surface area contributed by atoms with E-state index in [2.05, 4.69) is 4.72 Å². The standard InChI is InChI=1S/C14H20N2O5S2/c1-3-4-9-15-23(20,21)13-7-5-12(6-8-13)16-14(17)11(2)10-22(16,18)19/h5-8,11,15H,3-4,9-10H2,1-2H3. The molecule has 0 aliphatic carbocycles. The Morgan fingerprint density at radius 2 is 1.87 bits per heavy atom. The molecule has 2 rings (SSSR count). The number of benzene rings is 1. The first-order valence-corrected chi connectivity index (χ1v) is 10.4. The molecule has 1 atom stereocenters. The zero-order valence-corrected chi connectivity index (χ0v) is 14.7. The van der Waals surface area contributed by atoms with E-state index in [1.807, 2.05) is 6.92 Å². The molecule has 128 valence electrons. The highest BCUT2D eigenvalue weighted by Crippen LogP contribution is 2.28. The minimum absolute atomic E-state index is 0.0365. The Balaban J connectivity index is 2.25. The molecule has 1 aliphatic rings. The summed E-state index contributed by atoms with van der Waals surface area (Å²) in [4.78, 5) is 12.0. The van der Waals surface area contributed by atoms with E-state index in [4.69, 9.17) is 0 Å². The summed E-state index contributed by atoms with van der Waals surface area (Å²) in [7, 11) is -7.31. The van der Waals surface area contributed by atoms with Gasteiger partial charge in [-0.2, -0.15) is 0 Å². The van der Waals surface area contributed by atoms with Crippen LogP contribution in [-0.2, 0) is 24.8 Å². The van der Waals surface area contributed by atoms with Crippen molar-refractivity contribution in [3.05, 3.63) is 24.3 Å². The van der Waals surface area contributed by atoms with Crippen LogP contribution >= 0.6 is 0 Å². The van der Waals surface area contributed by atoms with E-state index in [0.29, 0.717) is 6.54 Å². The van der Waals surface area contributed by atoms with Crippen molar-refractivity contribution in [2.45, 2.75) is 31.6 Å². The van der Waals surface area contributed by atoms with Gasteiger partial charge in [0.15, 0.2) is 0 Å². The summed E-state index contributed by atoms with van der Waals surface area (Å²) < 4.78 is 51.4. The number of anilines is 1. The van der Waals surface area contributed by atoms with Crippen molar-refractivity contribution in [1.29, 1.82) is 0 Å². The van der Waals surface area contributed by atoms with Crippen LogP contribution in [0.5, 0.6) is 0 Å². The maximum absolute atomic E-state index is 12.1. The zero-order valence-electron chi connectivity index (χ0n) is 13.0. The number of carbonyl (C=O) groups excluding carboxylic acids is 1. The fraction of sp³-hybridized carbons (Fsp3) is 0.500. The van der Waals surface area contributed by atoms with Gasteiger partial charge in [-0.15, -0.1) is 0 Å². The maximum atomic E-state index is 12.1. The summed E-state index contributed by atoms with van der Waals surface area (Å²) in [6, 6.07) is 5.27. The highest BCUT2D eigenvalue weighted by Gasteiger charge is 2.41. The van der Waals surface area contributed by atoms with Gasteiger partial charge in [-0.25, -0.2) is 25.9 Å². The minimum Gasteiger partial charge on any atom is -0.273 e. The highest BCUT2D eigenvalue weighted by atomic mass is 32.2. The van der Waals surface area contributed by atoms with Crippen LogP contribution in [0.25, 0.3) is 0 Å². The highest BCUT2D eigenvalue weighted by molar-refractivity contribution is 7.94. The summed E-state index contributed by atoms with van der Waals surface area (Å²) in [5, 5.41) is 0. The van der Waals surface area contributed by atoms with Crippen LogP contribution in [0.1, 0.15) is 26.7 Å². The van der Waals surface area contributed by atoms with Crippen molar-refractivity contribution in [2.24, 2.45) is 5.92 Å².